The summed E-state index contributed by atoms with van der Waals surface area (Å²) in [6.07, 6.45) is 2.70. The van der Waals surface area contributed by atoms with Gasteiger partial charge in [0.25, 0.3) is 0 Å². The largest absolute Gasteiger partial charge is 0.344 e. The molecule has 68 valence electrons. The summed E-state index contributed by atoms with van der Waals surface area (Å²) in [6.45, 7) is 3.77. The van der Waals surface area contributed by atoms with Crippen LogP contribution in [0.1, 0.15) is 12.8 Å². The lowest BCUT2D eigenvalue weighted by Crippen LogP contribution is -2.54. The van der Waals surface area contributed by atoms with E-state index >= 15 is 0 Å². The number of nitrogens with two attached hydrogens (primary N) is 1. The molecular weight excluding hydrogens is 162 g/mol. The van der Waals surface area contributed by atoms with E-state index in [0.717, 1.165) is 12.5 Å². The van der Waals surface area contributed by atoms with Crippen LogP contribution in [0.2, 0.25) is 0 Å². The van der Waals surface area contributed by atoms with Gasteiger partial charge in [-0.05, 0) is 31.8 Å². The number of piperidine rings is 3. The molecule has 0 aromatic carbocycles. The van der Waals surface area contributed by atoms with Gasteiger partial charge in [-0.25, -0.2) is 0 Å². The maximum Gasteiger partial charge on any atom is 0.0197 e. The fourth-order valence-electron chi connectivity index (χ4n) is 2.01. The summed E-state index contributed by atoms with van der Waals surface area (Å²) in [4.78, 5) is 2.48. The molecule has 0 aromatic rings. The number of nitrogens with zero attached hydrogens (tertiary/aromatic N) is 1. The lowest BCUT2D eigenvalue weighted by atomic mass is 9.85. The van der Waals surface area contributed by atoms with E-state index in [-0.39, 0.29) is 18.6 Å². The van der Waals surface area contributed by atoms with Crippen molar-refractivity contribution in [3.8, 4) is 0 Å². The molecule has 3 aliphatic rings. The highest BCUT2D eigenvalue weighted by molar-refractivity contribution is 5.85. The predicted molar refractivity (Wildman–Crippen MR) is 49.4 cm³/mol. The van der Waals surface area contributed by atoms with Crippen LogP contribution in [-0.4, -0.2) is 30.6 Å². The third-order valence-corrected chi connectivity index (χ3v) is 2.71. The smallest absolute Gasteiger partial charge is 0.0197 e. The molecule has 4 heteroatoms. The molecule has 3 fully saturated rings. The maximum absolute atomic E-state index is 5.88. The van der Waals surface area contributed by atoms with Crippen LogP contribution in [0, 0.1) is 5.92 Å². The minimum atomic E-state index is 0. The third-order valence-electron chi connectivity index (χ3n) is 2.71. The summed E-state index contributed by atoms with van der Waals surface area (Å²) in [7, 11) is 0. The zero-order valence-electron chi connectivity index (χ0n) is 6.83. The van der Waals surface area contributed by atoms with Gasteiger partial charge in [-0.1, -0.05) is 0 Å². The first-order chi connectivity index (χ1) is 4.36. The molecule has 0 amide bonds. The molecule has 2 bridgehead atoms. The quantitative estimate of drug-likeness (QED) is 0.573. The number of hydrogen-bond donors (Lipinski definition) is 2. The Morgan fingerprint density at radius 1 is 1.18 bits per heavy atom. The Morgan fingerprint density at radius 2 is 1.73 bits per heavy atom. The highest BCUT2D eigenvalue weighted by Crippen LogP contribution is 2.25. The molecule has 3 aliphatic heterocycles. The Bertz CT molecular complexity index is 112. The molecule has 1 atom stereocenters. The van der Waals surface area contributed by atoms with E-state index in [2.05, 4.69) is 4.90 Å². The van der Waals surface area contributed by atoms with E-state index < -0.39 is 0 Å². The van der Waals surface area contributed by atoms with Crippen LogP contribution in [-0.2, 0) is 0 Å². The van der Waals surface area contributed by atoms with Crippen molar-refractivity contribution in [3.63, 3.8) is 0 Å². The molecule has 0 spiro atoms. The van der Waals surface area contributed by atoms with Gasteiger partial charge in [0.15, 0.2) is 0 Å². The van der Waals surface area contributed by atoms with Crippen LogP contribution in [0.15, 0.2) is 0 Å². The zero-order valence-corrected chi connectivity index (χ0v) is 7.65. The topological polar surface area (TPSA) is 64.3 Å². The Balaban J connectivity index is 0.000000500. The van der Waals surface area contributed by atoms with Gasteiger partial charge < -0.3 is 16.8 Å². The third kappa shape index (κ3) is 2.06. The molecule has 0 aromatic heterocycles. The molecule has 3 saturated heterocycles. The second kappa shape index (κ2) is 4.26. The van der Waals surface area contributed by atoms with Gasteiger partial charge in [-0.2, -0.15) is 0 Å². The minimum absolute atomic E-state index is 0. The summed E-state index contributed by atoms with van der Waals surface area (Å²) < 4.78 is 0. The Labute approximate surface area is 74.3 Å². The SMILES string of the molecule is Cl.N.N[C@@H]1CN2CCC1CC2. The van der Waals surface area contributed by atoms with E-state index in [9.17, 15) is 0 Å². The first-order valence-electron chi connectivity index (χ1n) is 3.84. The maximum atomic E-state index is 5.88. The molecule has 3 heterocycles. The molecule has 0 aliphatic carbocycles. The van der Waals surface area contributed by atoms with Crippen molar-refractivity contribution < 1.29 is 0 Å². The van der Waals surface area contributed by atoms with Gasteiger partial charge >= 0.3 is 0 Å². The van der Waals surface area contributed by atoms with Gasteiger partial charge in [-0.3, -0.25) is 0 Å². The van der Waals surface area contributed by atoms with Crippen LogP contribution in [0.4, 0.5) is 0 Å². The average molecular weight is 180 g/mol. The summed E-state index contributed by atoms with van der Waals surface area (Å²) in [5.74, 6) is 0.856. The van der Waals surface area contributed by atoms with E-state index in [4.69, 9.17) is 5.73 Å². The molecule has 3 rings (SSSR count). The monoisotopic (exact) mass is 179 g/mol. The van der Waals surface area contributed by atoms with Gasteiger partial charge in [-0.15, -0.1) is 12.4 Å². The van der Waals surface area contributed by atoms with Crippen LogP contribution in [0.25, 0.3) is 0 Å². The lowest BCUT2D eigenvalue weighted by molar-refractivity contribution is 0.0896. The van der Waals surface area contributed by atoms with Crippen LogP contribution >= 0.6 is 12.4 Å². The van der Waals surface area contributed by atoms with Crippen molar-refractivity contribution in [2.45, 2.75) is 18.9 Å². The molecule has 0 saturated carbocycles. The average Bonchev–Trinajstić information content (AvgIpc) is 1.90. The highest BCUT2D eigenvalue weighted by Gasteiger charge is 2.31. The number of halogens is 1. The van der Waals surface area contributed by atoms with E-state index in [1.807, 2.05) is 0 Å². The van der Waals surface area contributed by atoms with E-state index in [0.29, 0.717) is 6.04 Å². The Kier molecular flexibility index (Phi) is 4.32. The fourth-order valence-corrected chi connectivity index (χ4v) is 2.01. The Hall–Kier alpha value is 0.170. The van der Waals surface area contributed by atoms with E-state index in [1.54, 1.807) is 0 Å². The van der Waals surface area contributed by atoms with Crippen molar-refractivity contribution in [3.05, 3.63) is 0 Å². The molecule has 5 N–H and O–H groups in total. The van der Waals surface area contributed by atoms with E-state index in [1.165, 1.54) is 25.9 Å². The number of fused-ring (bicyclic) bond motifs is 3. The van der Waals surface area contributed by atoms with Crippen LogP contribution < -0.4 is 11.9 Å². The normalized spacial score (nSPS) is 40.6. The first-order valence-corrected chi connectivity index (χ1v) is 3.84. The van der Waals surface area contributed by atoms with Crippen molar-refractivity contribution in [2.24, 2.45) is 11.7 Å². The Morgan fingerprint density at radius 3 is 1.91 bits per heavy atom. The van der Waals surface area contributed by atoms with Crippen LogP contribution in [0.3, 0.4) is 0 Å². The molecule has 0 unspecified atom stereocenters. The standard InChI is InChI=1S/C7H14N2.ClH.H3N/c8-7-5-9-3-1-6(7)2-4-9;;/h6-7H,1-5,8H2;1H;1H3/t7-;;/m1../s1. The second-order valence-electron chi connectivity index (χ2n) is 3.30. The summed E-state index contributed by atoms with van der Waals surface area (Å²) in [5.41, 5.74) is 5.88. The summed E-state index contributed by atoms with van der Waals surface area (Å²) >= 11 is 0. The van der Waals surface area contributed by atoms with Crippen molar-refractivity contribution in [1.29, 1.82) is 0 Å². The lowest BCUT2D eigenvalue weighted by Gasteiger charge is -2.43. The second-order valence-corrected chi connectivity index (χ2v) is 3.30. The molecule has 0 radical (unpaired) electrons. The van der Waals surface area contributed by atoms with Crippen molar-refractivity contribution in [1.82, 2.24) is 11.1 Å². The molecule has 11 heavy (non-hydrogen) atoms. The van der Waals surface area contributed by atoms with Crippen LogP contribution in [0.5, 0.6) is 0 Å². The zero-order chi connectivity index (χ0) is 6.27. The number of hydrogen-bond acceptors (Lipinski definition) is 3. The van der Waals surface area contributed by atoms with Crippen molar-refractivity contribution >= 4 is 12.4 Å². The highest BCUT2D eigenvalue weighted by atomic mass is 35.5. The summed E-state index contributed by atoms with van der Waals surface area (Å²) in [5, 5.41) is 0. The van der Waals surface area contributed by atoms with Gasteiger partial charge in [0.05, 0.1) is 0 Å². The minimum Gasteiger partial charge on any atom is -0.344 e. The number of rotatable bonds is 0. The van der Waals surface area contributed by atoms with Gasteiger partial charge in [0, 0.05) is 12.6 Å². The molecular formula is C7H18ClN3. The van der Waals surface area contributed by atoms with Crippen molar-refractivity contribution in [2.75, 3.05) is 19.6 Å². The van der Waals surface area contributed by atoms with Gasteiger partial charge in [0.2, 0.25) is 0 Å². The fraction of sp³-hybridized carbons (Fsp3) is 1.00. The summed E-state index contributed by atoms with van der Waals surface area (Å²) in [6, 6.07) is 0.493. The first kappa shape index (κ1) is 11.2. The predicted octanol–water partition coefficient (Wildman–Crippen LogP) is 0.623. The molecule has 3 nitrogen and oxygen atoms in total. The van der Waals surface area contributed by atoms with Gasteiger partial charge in [0.1, 0.15) is 0 Å².